The first-order chi connectivity index (χ1) is 11.9. The van der Waals surface area contributed by atoms with Gasteiger partial charge in [-0.1, -0.05) is 69.3 Å². The van der Waals surface area contributed by atoms with Crippen LogP contribution in [0.4, 0.5) is 0 Å². The van der Waals surface area contributed by atoms with Gasteiger partial charge in [0.15, 0.2) is 0 Å². The smallest absolute Gasteiger partial charge is 0.110 e. The first-order valence-electron chi connectivity index (χ1n) is 9.45. The fraction of sp³-hybridized carbons (Fsp3) is 0.478. The van der Waals surface area contributed by atoms with Gasteiger partial charge in [-0.3, -0.25) is 4.90 Å². The summed E-state index contributed by atoms with van der Waals surface area (Å²) in [7, 11) is 2.16. The summed E-state index contributed by atoms with van der Waals surface area (Å²) in [5, 5.41) is 0. The van der Waals surface area contributed by atoms with Crippen LogP contribution in [-0.2, 0) is 16.8 Å². The van der Waals surface area contributed by atoms with Crippen LogP contribution < -0.4 is 0 Å². The second-order valence-corrected chi connectivity index (χ2v) is 8.27. The van der Waals surface area contributed by atoms with Gasteiger partial charge in [-0.05, 0) is 54.0 Å². The van der Waals surface area contributed by atoms with E-state index in [1.807, 2.05) is 0 Å². The van der Waals surface area contributed by atoms with Crippen molar-refractivity contribution in [2.24, 2.45) is 0 Å². The van der Waals surface area contributed by atoms with Crippen molar-refractivity contribution in [1.82, 2.24) is 4.90 Å². The maximum atomic E-state index is 6.11. The van der Waals surface area contributed by atoms with E-state index in [0.29, 0.717) is 6.61 Å². The van der Waals surface area contributed by atoms with Crippen molar-refractivity contribution in [3.8, 4) is 11.1 Å². The van der Waals surface area contributed by atoms with Crippen LogP contribution in [0.3, 0.4) is 0 Å². The van der Waals surface area contributed by atoms with Gasteiger partial charge in [-0.25, -0.2) is 0 Å². The lowest BCUT2D eigenvalue weighted by atomic mass is 9.86. The molecule has 2 heteroatoms. The summed E-state index contributed by atoms with van der Waals surface area (Å²) >= 11 is 0. The standard InChI is InChI=1S/C23H31NO/c1-23(2,3)21-14-12-20(13-15-21)19-10-8-18(9-11-19)17-25-22-7-5-6-16-24(22)4/h8-15,22H,5-7,16-17H2,1-4H3. The van der Waals surface area contributed by atoms with E-state index in [2.05, 4.69) is 81.2 Å². The van der Waals surface area contributed by atoms with Crippen LogP contribution in [-0.4, -0.2) is 24.7 Å². The molecule has 2 nitrogen and oxygen atoms in total. The monoisotopic (exact) mass is 337 g/mol. The van der Waals surface area contributed by atoms with E-state index < -0.39 is 0 Å². The number of ether oxygens (including phenoxy) is 1. The first kappa shape index (κ1) is 18.2. The Bertz CT molecular complexity index is 667. The average Bonchev–Trinajstić information content (AvgIpc) is 2.61. The molecule has 0 spiro atoms. The van der Waals surface area contributed by atoms with Crippen LogP contribution in [0.5, 0.6) is 0 Å². The van der Waals surface area contributed by atoms with Gasteiger partial charge < -0.3 is 4.74 Å². The zero-order chi connectivity index (χ0) is 17.9. The molecule has 134 valence electrons. The maximum absolute atomic E-state index is 6.11. The summed E-state index contributed by atoms with van der Waals surface area (Å²) in [5.74, 6) is 0. The molecule has 0 bridgehead atoms. The second-order valence-electron chi connectivity index (χ2n) is 8.27. The Hall–Kier alpha value is -1.64. The van der Waals surface area contributed by atoms with Crippen molar-refractivity contribution >= 4 is 0 Å². The molecule has 0 saturated carbocycles. The lowest BCUT2D eigenvalue weighted by Gasteiger charge is -2.32. The second kappa shape index (κ2) is 7.72. The number of nitrogens with zero attached hydrogens (tertiary/aromatic N) is 1. The highest BCUT2D eigenvalue weighted by molar-refractivity contribution is 5.64. The fourth-order valence-corrected chi connectivity index (χ4v) is 3.40. The number of rotatable bonds is 4. The van der Waals surface area contributed by atoms with Crippen molar-refractivity contribution in [3.05, 3.63) is 59.7 Å². The Kier molecular flexibility index (Phi) is 5.61. The molecule has 0 aliphatic carbocycles. The molecule has 1 fully saturated rings. The first-order valence-corrected chi connectivity index (χ1v) is 9.45. The van der Waals surface area contributed by atoms with Crippen LogP contribution in [0.15, 0.2) is 48.5 Å². The molecule has 0 amide bonds. The summed E-state index contributed by atoms with van der Waals surface area (Å²) < 4.78 is 6.11. The van der Waals surface area contributed by atoms with Gasteiger partial charge >= 0.3 is 0 Å². The zero-order valence-corrected chi connectivity index (χ0v) is 16.1. The van der Waals surface area contributed by atoms with Crippen LogP contribution in [0.1, 0.15) is 51.2 Å². The molecule has 2 aromatic rings. The van der Waals surface area contributed by atoms with E-state index in [1.165, 1.54) is 35.1 Å². The molecular formula is C23H31NO. The SMILES string of the molecule is CN1CCCCC1OCc1ccc(-c2ccc(C(C)(C)C)cc2)cc1. The lowest BCUT2D eigenvalue weighted by Crippen LogP contribution is -2.37. The van der Waals surface area contributed by atoms with Crippen LogP contribution in [0.2, 0.25) is 0 Å². The van der Waals surface area contributed by atoms with E-state index in [4.69, 9.17) is 4.74 Å². The summed E-state index contributed by atoms with van der Waals surface area (Å²) in [6.07, 6.45) is 3.99. The Morgan fingerprint density at radius 1 is 0.920 bits per heavy atom. The Morgan fingerprint density at radius 2 is 1.52 bits per heavy atom. The van der Waals surface area contributed by atoms with Crippen molar-refractivity contribution in [3.63, 3.8) is 0 Å². The molecular weight excluding hydrogens is 306 g/mol. The minimum Gasteiger partial charge on any atom is -0.358 e. The van der Waals surface area contributed by atoms with E-state index in [9.17, 15) is 0 Å². The fourth-order valence-electron chi connectivity index (χ4n) is 3.40. The Morgan fingerprint density at radius 3 is 2.08 bits per heavy atom. The third-order valence-corrected chi connectivity index (χ3v) is 5.18. The van der Waals surface area contributed by atoms with Gasteiger partial charge in [0.2, 0.25) is 0 Å². The predicted octanol–water partition coefficient (Wildman–Crippen LogP) is 5.61. The predicted molar refractivity (Wildman–Crippen MR) is 106 cm³/mol. The van der Waals surface area contributed by atoms with Gasteiger partial charge in [0.1, 0.15) is 6.23 Å². The number of benzene rings is 2. The summed E-state index contributed by atoms with van der Waals surface area (Å²) in [6, 6.07) is 17.7. The van der Waals surface area contributed by atoms with E-state index in [-0.39, 0.29) is 11.6 Å². The minimum absolute atomic E-state index is 0.200. The topological polar surface area (TPSA) is 12.5 Å². The minimum atomic E-state index is 0.200. The van der Waals surface area contributed by atoms with Crippen molar-refractivity contribution in [1.29, 1.82) is 0 Å². The lowest BCUT2D eigenvalue weighted by molar-refractivity contribution is -0.0761. The Balaban J connectivity index is 1.62. The quantitative estimate of drug-likeness (QED) is 0.719. The normalized spacial score (nSPS) is 19.1. The molecule has 1 aliphatic rings. The van der Waals surface area contributed by atoms with E-state index in [1.54, 1.807) is 0 Å². The van der Waals surface area contributed by atoms with Crippen LogP contribution in [0.25, 0.3) is 11.1 Å². The van der Waals surface area contributed by atoms with Gasteiger partial charge in [-0.15, -0.1) is 0 Å². The number of likely N-dealkylation sites (tertiary alicyclic amines) is 1. The summed E-state index contributed by atoms with van der Waals surface area (Å²) in [6.45, 7) is 8.59. The van der Waals surface area contributed by atoms with Gasteiger partial charge in [0, 0.05) is 6.54 Å². The zero-order valence-electron chi connectivity index (χ0n) is 16.1. The van der Waals surface area contributed by atoms with Gasteiger partial charge in [-0.2, -0.15) is 0 Å². The molecule has 1 atom stereocenters. The third kappa shape index (κ3) is 4.71. The third-order valence-electron chi connectivity index (χ3n) is 5.18. The van der Waals surface area contributed by atoms with E-state index >= 15 is 0 Å². The largest absolute Gasteiger partial charge is 0.358 e. The molecule has 0 radical (unpaired) electrons. The van der Waals surface area contributed by atoms with Crippen molar-refractivity contribution in [2.45, 2.75) is 58.3 Å². The highest BCUT2D eigenvalue weighted by Crippen LogP contribution is 2.26. The van der Waals surface area contributed by atoms with Crippen LogP contribution >= 0.6 is 0 Å². The molecule has 0 aromatic heterocycles. The molecule has 25 heavy (non-hydrogen) atoms. The number of hydrogen-bond acceptors (Lipinski definition) is 2. The molecule has 2 aromatic carbocycles. The van der Waals surface area contributed by atoms with Crippen molar-refractivity contribution in [2.75, 3.05) is 13.6 Å². The van der Waals surface area contributed by atoms with Crippen molar-refractivity contribution < 1.29 is 4.74 Å². The molecule has 1 aliphatic heterocycles. The summed E-state index contributed by atoms with van der Waals surface area (Å²) in [5.41, 5.74) is 5.35. The number of hydrogen-bond donors (Lipinski definition) is 0. The molecule has 1 saturated heterocycles. The highest BCUT2D eigenvalue weighted by atomic mass is 16.5. The Labute approximate surface area is 152 Å². The molecule has 0 N–H and O–H groups in total. The van der Waals surface area contributed by atoms with Crippen LogP contribution in [0, 0.1) is 0 Å². The summed E-state index contributed by atoms with van der Waals surface area (Å²) in [4.78, 5) is 2.33. The average molecular weight is 338 g/mol. The molecule has 1 unspecified atom stereocenters. The molecule has 3 rings (SSSR count). The van der Waals surface area contributed by atoms with Gasteiger partial charge in [0.25, 0.3) is 0 Å². The highest BCUT2D eigenvalue weighted by Gasteiger charge is 2.19. The van der Waals surface area contributed by atoms with Gasteiger partial charge in [0.05, 0.1) is 6.61 Å². The van der Waals surface area contributed by atoms with E-state index in [0.717, 1.165) is 13.0 Å². The molecule has 1 heterocycles. The maximum Gasteiger partial charge on any atom is 0.110 e. The number of piperidine rings is 1.